The predicted molar refractivity (Wildman–Crippen MR) is 103 cm³/mol. The van der Waals surface area contributed by atoms with Gasteiger partial charge < -0.3 is 14.1 Å². The van der Waals surface area contributed by atoms with Crippen molar-refractivity contribution in [2.24, 2.45) is 0 Å². The minimum Gasteiger partial charge on any atom is -0.446 e. The van der Waals surface area contributed by atoms with Crippen LogP contribution in [-0.4, -0.2) is 53.8 Å². The van der Waals surface area contributed by atoms with Crippen LogP contribution >= 0.6 is 0 Å². The first-order chi connectivity index (χ1) is 12.9. The Bertz CT molecular complexity index is 653. The van der Waals surface area contributed by atoms with Crippen molar-refractivity contribution in [3.63, 3.8) is 0 Å². The number of hydrogen-bond donors (Lipinski definition) is 0. The number of piperidine rings is 1. The van der Waals surface area contributed by atoms with Gasteiger partial charge in [0, 0.05) is 38.3 Å². The third kappa shape index (κ3) is 3.84. The van der Waals surface area contributed by atoms with E-state index in [4.69, 9.17) is 4.74 Å². The zero-order chi connectivity index (χ0) is 19.0. The van der Waals surface area contributed by atoms with Crippen LogP contribution in [0, 0.1) is 5.82 Å². The summed E-state index contributed by atoms with van der Waals surface area (Å²) in [6.07, 6.45) is 8.71. The molecule has 2 saturated heterocycles. The van der Waals surface area contributed by atoms with Gasteiger partial charge in [-0.25, -0.2) is 9.18 Å². The lowest BCUT2D eigenvalue weighted by Gasteiger charge is -2.44. The zero-order valence-corrected chi connectivity index (χ0v) is 16.6. The maximum Gasteiger partial charge on any atom is 0.410 e. The molecule has 1 amide bonds. The number of carbonyl (C=O) groups is 1. The van der Waals surface area contributed by atoms with Gasteiger partial charge in [0.2, 0.25) is 0 Å². The molecule has 1 aromatic rings. The van der Waals surface area contributed by atoms with Gasteiger partial charge in [-0.05, 0) is 30.5 Å². The molecule has 27 heavy (non-hydrogen) atoms. The highest BCUT2D eigenvalue weighted by atomic mass is 19.1. The third-order valence-corrected chi connectivity index (χ3v) is 7.32. The van der Waals surface area contributed by atoms with Crippen LogP contribution in [0.4, 0.5) is 9.18 Å². The molecule has 3 aliphatic rings. The molecule has 4 nitrogen and oxygen atoms in total. The molecule has 2 aliphatic heterocycles. The molecule has 3 fully saturated rings. The largest absolute Gasteiger partial charge is 0.446 e. The number of hydrogen-bond acceptors (Lipinski definition) is 2. The molecule has 5 heteroatoms. The molecule has 1 aromatic carbocycles. The summed E-state index contributed by atoms with van der Waals surface area (Å²) in [4.78, 5) is 15.0. The van der Waals surface area contributed by atoms with Crippen LogP contribution in [0.25, 0.3) is 0 Å². The maximum absolute atomic E-state index is 13.2. The van der Waals surface area contributed by atoms with E-state index < -0.39 is 0 Å². The van der Waals surface area contributed by atoms with Crippen LogP contribution < -0.4 is 0 Å². The molecule has 4 rings (SSSR count). The van der Waals surface area contributed by atoms with E-state index in [9.17, 15) is 9.18 Å². The van der Waals surface area contributed by atoms with Gasteiger partial charge >= 0.3 is 6.09 Å². The molecule has 1 aliphatic carbocycles. The van der Waals surface area contributed by atoms with Crippen LogP contribution in [0.2, 0.25) is 0 Å². The number of quaternary nitrogens is 1. The number of amides is 1. The van der Waals surface area contributed by atoms with Crippen LogP contribution in [0.5, 0.6) is 0 Å². The number of nitrogens with zero attached hydrogens (tertiary/aromatic N) is 2. The Morgan fingerprint density at radius 3 is 2.26 bits per heavy atom. The van der Waals surface area contributed by atoms with Crippen molar-refractivity contribution in [2.45, 2.75) is 82.1 Å². The number of ether oxygens (including phenoxy) is 1. The fourth-order valence-corrected chi connectivity index (χ4v) is 5.48. The Labute approximate surface area is 161 Å². The van der Waals surface area contributed by atoms with Crippen molar-refractivity contribution in [3.8, 4) is 0 Å². The first kappa shape index (κ1) is 18.7. The molecular formula is C22H32FN2O2+. The molecule has 0 aromatic heterocycles. The number of fused-ring (bicyclic) bond motifs is 2. The van der Waals surface area contributed by atoms with Gasteiger partial charge in [-0.2, -0.15) is 0 Å². The fraction of sp³-hybridized carbons (Fsp3) is 0.682. The minimum atomic E-state index is -0.243. The van der Waals surface area contributed by atoms with Gasteiger partial charge in [-0.15, -0.1) is 0 Å². The highest BCUT2D eigenvalue weighted by molar-refractivity contribution is 5.68. The second kappa shape index (κ2) is 7.42. The second-order valence-electron chi connectivity index (χ2n) is 9.18. The molecule has 2 heterocycles. The topological polar surface area (TPSA) is 29.5 Å². The Morgan fingerprint density at radius 2 is 1.67 bits per heavy atom. The standard InChI is InChI=1S/C22H32FN2O2/c1-25(2)19-11-12-20(25)14-21(13-19)27-22(26)24(18-5-3-4-6-18)15-16-7-9-17(23)10-8-16/h7-10,18-21H,3-6,11-15H2,1-2H3/q+1. The van der Waals surface area contributed by atoms with Gasteiger partial charge in [0.25, 0.3) is 0 Å². The summed E-state index contributed by atoms with van der Waals surface area (Å²) >= 11 is 0. The molecule has 148 valence electrons. The lowest BCUT2D eigenvalue weighted by atomic mass is 9.98. The van der Waals surface area contributed by atoms with Crippen molar-refractivity contribution < 1.29 is 18.4 Å². The Kier molecular flexibility index (Phi) is 5.15. The fourth-order valence-electron chi connectivity index (χ4n) is 5.48. The molecule has 2 atom stereocenters. The average Bonchev–Trinajstić information content (AvgIpc) is 3.17. The summed E-state index contributed by atoms with van der Waals surface area (Å²) in [7, 11) is 4.64. The van der Waals surface area contributed by atoms with Gasteiger partial charge in [0.1, 0.15) is 11.9 Å². The van der Waals surface area contributed by atoms with E-state index in [1.165, 1.54) is 25.0 Å². The quantitative estimate of drug-likeness (QED) is 0.727. The third-order valence-electron chi connectivity index (χ3n) is 7.32. The van der Waals surface area contributed by atoms with Gasteiger partial charge in [-0.3, -0.25) is 0 Å². The number of halogens is 1. The van der Waals surface area contributed by atoms with Crippen LogP contribution in [0.3, 0.4) is 0 Å². The first-order valence-electron chi connectivity index (χ1n) is 10.5. The SMILES string of the molecule is C[N+]1(C)C2CCC1CC(OC(=O)N(Cc1ccc(F)cc1)C1CCCC1)C2. The first-order valence-corrected chi connectivity index (χ1v) is 10.5. The molecular weight excluding hydrogens is 343 g/mol. The molecule has 0 radical (unpaired) electrons. The predicted octanol–water partition coefficient (Wildman–Crippen LogP) is 4.48. The summed E-state index contributed by atoms with van der Waals surface area (Å²) in [5.74, 6) is -0.243. The average molecular weight is 376 g/mol. The van der Waals surface area contributed by atoms with E-state index in [0.29, 0.717) is 18.6 Å². The number of rotatable bonds is 4. The summed E-state index contributed by atoms with van der Waals surface area (Å²) < 4.78 is 20.3. The summed E-state index contributed by atoms with van der Waals surface area (Å²) in [6, 6.07) is 7.93. The van der Waals surface area contributed by atoms with Crippen LogP contribution in [0.1, 0.15) is 56.9 Å². The zero-order valence-electron chi connectivity index (χ0n) is 16.6. The van der Waals surface area contributed by atoms with Gasteiger partial charge in [0.15, 0.2) is 0 Å². The number of benzene rings is 1. The minimum absolute atomic E-state index is 0.0401. The van der Waals surface area contributed by atoms with E-state index in [2.05, 4.69) is 14.1 Å². The Hall–Kier alpha value is -1.62. The highest BCUT2D eigenvalue weighted by Gasteiger charge is 2.50. The normalized spacial score (nSPS) is 29.7. The van der Waals surface area contributed by atoms with Crippen molar-refractivity contribution in [2.75, 3.05) is 14.1 Å². The van der Waals surface area contributed by atoms with E-state index >= 15 is 0 Å². The second-order valence-corrected chi connectivity index (χ2v) is 9.18. The van der Waals surface area contributed by atoms with Crippen molar-refractivity contribution in [3.05, 3.63) is 35.6 Å². The maximum atomic E-state index is 13.2. The Balaban J connectivity index is 1.43. The molecule has 2 unspecified atom stereocenters. The molecule has 1 saturated carbocycles. The summed E-state index contributed by atoms with van der Waals surface area (Å²) in [5, 5.41) is 0. The van der Waals surface area contributed by atoms with Gasteiger partial charge in [-0.1, -0.05) is 25.0 Å². The van der Waals surface area contributed by atoms with Crippen molar-refractivity contribution in [1.29, 1.82) is 0 Å². The summed E-state index contributed by atoms with van der Waals surface area (Å²) in [5.41, 5.74) is 0.960. The van der Waals surface area contributed by atoms with Crippen LogP contribution in [-0.2, 0) is 11.3 Å². The molecule has 0 N–H and O–H groups in total. The van der Waals surface area contributed by atoms with Crippen LogP contribution in [0.15, 0.2) is 24.3 Å². The lowest BCUT2D eigenvalue weighted by Crippen LogP contribution is -2.56. The highest BCUT2D eigenvalue weighted by Crippen LogP contribution is 2.40. The summed E-state index contributed by atoms with van der Waals surface area (Å²) in [6.45, 7) is 0.505. The van der Waals surface area contributed by atoms with E-state index in [1.807, 2.05) is 4.90 Å². The van der Waals surface area contributed by atoms with E-state index in [0.717, 1.165) is 48.6 Å². The van der Waals surface area contributed by atoms with Gasteiger partial charge in [0.05, 0.1) is 26.2 Å². The van der Waals surface area contributed by atoms with Crippen molar-refractivity contribution in [1.82, 2.24) is 4.90 Å². The Morgan fingerprint density at radius 1 is 1.07 bits per heavy atom. The van der Waals surface area contributed by atoms with Crippen molar-refractivity contribution >= 4 is 6.09 Å². The lowest BCUT2D eigenvalue weighted by molar-refractivity contribution is -0.931. The molecule has 2 bridgehead atoms. The smallest absolute Gasteiger partial charge is 0.410 e. The monoisotopic (exact) mass is 375 g/mol. The van der Waals surface area contributed by atoms with E-state index in [1.54, 1.807) is 12.1 Å². The molecule has 0 spiro atoms. The number of carbonyl (C=O) groups excluding carboxylic acids is 1. The van der Waals surface area contributed by atoms with E-state index in [-0.39, 0.29) is 24.1 Å².